The largest absolute Gasteiger partial charge is 0.484 e. The van der Waals surface area contributed by atoms with Crippen LogP contribution in [0, 0.1) is 0 Å². The summed E-state index contributed by atoms with van der Waals surface area (Å²) in [7, 11) is 1.41. The van der Waals surface area contributed by atoms with E-state index in [4.69, 9.17) is 15.2 Å². The highest BCUT2D eigenvalue weighted by Crippen LogP contribution is 2.22. The Bertz CT molecular complexity index is 466. The molecular formula is C13H17F3N2O3. The molecule has 1 atom stereocenters. The Morgan fingerprint density at radius 1 is 1.38 bits per heavy atom. The van der Waals surface area contributed by atoms with Crippen LogP contribution in [0.3, 0.4) is 0 Å². The van der Waals surface area contributed by atoms with E-state index in [9.17, 15) is 18.0 Å². The molecular weight excluding hydrogens is 289 g/mol. The molecule has 0 saturated carbocycles. The molecule has 0 saturated heterocycles. The molecule has 3 N–H and O–H groups in total. The average molecular weight is 306 g/mol. The van der Waals surface area contributed by atoms with E-state index in [2.05, 4.69) is 5.32 Å². The first-order chi connectivity index (χ1) is 9.83. The molecule has 21 heavy (non-hydrogen) atoms. The molecule has 0 aliphatic heterocycles. The molecule has 0 aliphatic rings. The van der Waals surface area contributed by atoms with Gasteiger partial charge in [0.2, 0.25) is 5.91 Å². The van der Waals surface area contributed by atoms with Gasteiger partial charge in [0.25, 0.3) is 0 Å². The number of rotatable bonds is 7. The van der Waals surface area contributed by atoms with Gasteiger partial charge in [0, 0.05) is 19.2 Å². The van der Waals surface area contributed by atoms with Crippen LogP contribution in [0.2, 0.25) is 0 Å². The number of amides is 1. The monoisotopic (exact) mass is 306 g/mol. The third-order valence-corrected chi connectivity index (χ3v) is 2.50. The number of carbonyl (C=O) groups is 1. The minimum atomic E-state index is -4.42. The number of alkyl halides is 3. The van der Waals surface area contributed by atoms with Crippen LogP contribution in [0.25, 0.3) is 0 Å². The van der Waals surface area contributed by atoms with Crippen molar-refractivity contribution in [3.8, 4) is 5.75 Å². The van der Waals surface area contributed by atoms with E-state index in [1.54, 1.807) is 18.2 Å². The van der Waals surface area contributed by atoms with Gasteiger partial charge in [-0.3, -0.25) is 4.79 Å². The SMILES string of the molecule is COCC(N)C(=O)NCc1ccccc1OCC(F)(F)F. The topological polar surface area (TPSA) is 73.6 Å². The Kier molecular flexibility index (Phi) is 6.44. The number of nitrogens with two attached hydrogens (primary N) is 1. The number of halogens is 3. The van der Waals surface area contributed by atoms with E-state index in [0.29, 0.717) is 5.56 Å². The summed E-state index contributed by atoms with van der Waals surface area (Å²) in [4.78, 5) is 11.6. The number of hydrogen-bond donors (Lipinski definition) is 2. The standard InChI is InChI=1S/C13H17F3N2O3/c1-20-7-10(17)12(19)18-6-9-4-2-3-5-11(9)21-8-13(14,15)16/h2-5,10H,6-8,17H2,1H3,(H,18,19). The van der Waals surface area contributed by atoms with Crippen molar-refractivity contribution in [1.29, 1.82) is 0 Å². The third kappa shape index (κ3) is 6.46. The van der Waals surface area contributed by atoms with Crippen molar-refractivity contribution in [2.75, 3.05) is 20.3 Å². The molecule has 1 unspecified atom stereocenters. The van der Waals surface area contributed by atoms with Gasteiger partial charge in [-0.05, 0) is 6.07 Å². The highest BCUT2D eigenvalue weighted by atomic mass is 19.4. The Labute approximate surface area is 120 Å². The fourth-order valence-corrected chi connectivity index (χ4v) is 1.52. The second-order valence-corrected chi connectivity index (χ2v) is 4.29. The summed E-state index contributed by atoms with van der Waals surface area (Å²) in [5.41, 5.74) is 5.96. The summed E-state index contributed by atoms with van der Waals surface area (Å²) < 4.78 is 45.9. The lowest BCUT2D eigenvalue weighted by Gasteiger charge is -2.15. The molecule has 0 fully saturated rings. The number of benzene rings is 1. The maximum Gasteiger partial charge on any atom is 0.422 e. The van der Waals surface area contributed by atoms with E-state index in [-0.39, 0.29) is 18.9 Å². The summed E-state index contributed by atoms with van der Waals surface area (Å²) in [6.07, 6.45) is -4.42. The second-order valence-electron chi connectivity index (χ2n) is 4.29. The minimum Gasteiger partial charge on any atom is -0.484 e. The molecule has 1 amide bonds. The van der Waals surface area contributed by atoms with Crippen molar-refractivity contribution in [1.82, 2.24) is 5.32 Å². The zero-order valence-corrected chi connectivity index (χ0v) is 11.4. The predicted molar refractivity (Wildman–Crippen MR) is 69.7 cm³/mol. The van der Waals surface area contributed by atoms with Crippen LogP contribution in [0.4, 0.5) is 13.2 Å². The Morgan fingerprint density at radius 3 is 2.67 bits per heavy atom. The van der Waals surface area contributed by atoms with E-state index >= 15 is 0 Å². The summed E-state index contributed by atoms with van der Waals surface area (Å²) >= 11 is 0. The normalized spacial score (nSPS) is 12.8. The lowest BCUT2D eigenvalue weighted by molar-refractivity contribution is -0.153. The zero-order valence-electron chi connectivity index (χ0n) is 11.4. The number of hydrogen-bond acceptors (Lipinski definition) is 4. The zero-order chi connectivity index (χ0) is 15.9. The van der Waals surface area contributed by atoms with Crippen molar-refractivity contribution in [3.63, 3.8) is 0 Å². The summed E-state index contributed by atoms with van der Waals surface area (Å²) in [5, 5.41) is 2.52. The molecule has 5 nitrogen and oxygen atoms in total. The first-order valence-corrected chi connectivity index (χ1v) is 6.13. The fraction of sp³-hybridized carbons (Fsp3) is 0.462. The predicted octanol–water partition coefficient (Wildman–Crippen LogP) is 1.22. The highest BCUT2D eigenvalue weighted by Gasteiger charge is 2.28. The second kappa shape index (κ2) is 7.84. The molecule has 1 rings (SSSR count). The average Bonchev–Trinajstić information content (AvgIpc) is 2.42. The van der Waals surface area contributed by atoms with Crippen LogP contribution < -0.4 is 15.8 Å². The van der Waals surface area contributed by atoms with E-state index in [0.717, 1.165) is 0 Å². The van der Waals surface area contributed by atoms with Gasteiger partial charge in [0.15, 0.2) is 6.61 Å². The van der Waals surface area contributed by atoms with Crippen LogP contribution in [0.5, 0.6) is 5.75 Å². The fourth-order valence-electron chi connectivity index (χ4n) is 1.52. The molecule has 1 aromatic carbocycles. The van der Waals surface area contributed by atoms with Crippen LogP contribution in [0.15, 0.2) is 24.3 Å². The van der Waals surface area contributed by atoms with Gasteiger partial charge in [-0.2, -0.15) is 13.2 Å². The lowest BCUT2D eigenvalue weighted by Crippen LogP contribution is -2.43. The Balaban J connectivity index is 2.61. The first kappa shape index (κ1) is 17.3. The van der Waals surface area contributed by atoms with Crippen molar-refractivity contribution in [2.45, 2.75) is 18.8 Å². The molecule has 0 heterocycles. The van der Waals surface area contributed by atoms with E-state index in [1.165, 1.54) is 13.2 Å². The van der Waals surface area contributed by atoms with Crippen molar-refractivity contribution in [2.24, 2.45) is 5.73 Å². The van der Waals surface area contributed by atoms with Crippen LogP contribution in [0.1, 0.15) is 5.56 Å². The van der Waals surface area contributed by atoms with Gasteiger partial charge >= 0.3 is 6.18 Å². The number of ether oxygens (including phenoxy) is 2. The van der Waals surface area contributed by atoms with Crippen molar-refractivity contribution in [3.05, 3.63) is 29.8 Å². The summed E-state index contributed by atoms with van der Waals surface area (Å²) in [6.45, 7) is -1.32. The molecule has 0 radical (unpaired) electrons. The molecule has 1 aromatic rings. The Morgan fingerprint density at radius 2 is 2.05 bits per heavy atom. The van der Waals surface area contributed by atoms with Gasteiger partial charge in [-0.1, -0.05) is 18.2 Å². The number of para-hydroxylation sites is 1. The van der Waals surface area contributed by atoms with Crippen LogP contribution in [-0.4, -0.2) is 38.4 Å². The molecule has 0 aliphatic carbocycles. The number of methoxy groups -OCH3 is 1. The molecule has 0 spiro atoms. The molecule has 118 valence electrons. The van der Waals surface area contributed by atoms with Gasteiger partial charge < -0.3 is 20.5 Å². The van der Waals surface area contributed by atoms with Crippen molar-refractivity contribution < 1.29 is 27.4 Å². The first-order valence-electron chi connectivity index (χ1n) is 6.13. The lowest BCUT2D eigenvalue weighted by atomic mass is 10.2. The summed E-state index contributed by atoms with van der Waals surface area (Å²) in [6, 6.07) is 5.32. The minimum absolute atomic E-state index is 0.0181. The number of carbonyl (C=O) groups excluding carboxylic acids is 1. The summed E-state index contributed by atoms with van der Waals surface area (Å²) in [5.74, 6) is -0.391. The Hall–Kier alpha value is -1.80. The van der Waals surface area contributed by atoms with E-state index in [1.807, 2.05) is 0 Å². The smallest absolute Gasteiger partial charge is 0.422 e. The molecule has 8 heteroatoms. The van der Waals surface area contributed by atoms with Gasteiger partial charge in [-0.25, -0.2) is 0 Å². The maximum absolute atomic E-state index is 12.2. The van der Waals surface area contributed by atoms with Crippen LogP contribution in [-0.2, 0) is 16.1 Å². The third-order valence-electron chi connectivity index (χ3n) is 2.50. The van der Waals surface area contributed by atoms with Crippen molar-refractivity contribution >= 4 is 5.91 Å². The van der Waals surface area contributed by atoms with Gasteiger partial charge in [0.05, 0.1) is 6.61 Å². The molecule has 0 bridgehead atoms. The van der Waals surface area contributed by atoms with Gasteiger partial charge in [-0.15, -0.1) is 0 Å². The quantitative estimate of drug-likeness (QED) is 0.794. The van der Waals surface area contributed by atoms with Gasteiger partial charge in [0.1, 0.15) is 11.8 Å². The number of nitrogens with one attached hydrogen (secondary N) is 1. The highest BCUT2D eigenvalue weighted by molar-refractivity contribution is 5.81. The molecule has 0 aromatic heterocycles. The van der Waals surface area contributed by atoms with E-state index < -0.39 is 24.7 Å². The maximum atomic E-state index is 12.2. The van der Waals surface area contributed by atoms with Crippen LogP contribution >= 0.6 is 0 Å².